The first-order valence-corrected chi connectivity index (χ1v) is 6.58. The van der Waals surface area contributed by atoms with Gasteiger partial charge in [-0.25, -0.2) is 4.98 Å². The monoisotopic (exact) mass is 253 g/mol. The molecule has 0 aromatic carbocycles. The Balaban J connectivity index is 2.52. The molecule has 1 heterocycles. The topological polar surface area (TPSA) is 67.2 Å². The standard InChI is InChI=1S/C13H23N3O2/c1-3-7-15-13(4-2,12(17)18)6-5-9-16-10-8-14-11-16/h8,10-11,15H,3-7,9H2,1-2H3,(H,17,18). The third-order valence-corrected chi connectivity index (χ3v) is 3.31. The predicted molar refractivity (Wildman–Crippen MR) is 70.4 cm³/mol. The number of aromatic nitrogens is 2. The average molecular weight is 253 g/mol. The van der Waals surface area contributed by atoms with Gasteiger partial charge in [-0.15, -0.1) is 0 Å². The number of imidazole rings is 1. The van der Waals surface area contributed by atoms with Crippen molar-refractivity contribution in [3.63, 3.8) is 0 Å². The number of aryl methyl sites for hydroxylation is 1. The van der Waals surface area contributed by atoms with E-state index in [0.717, 1.165) is 25.9 Å². The minimum absolute atomic E-state index is 0.603. The number of hydrogen-bond donors (Lipinski definition) is 2. The fourth-order valence-electron chi connectivity index (χ4n) is 2.07. The number of aliphatic carboxylic acids is 1. The van der Waals surface area contributed by atoms with E-state index in [2.05, 4.69) is 10.3 Å². The van der Waals surface area contributed by atoms with Crippen LogP contribution in [0.4, 0.5) is 0 Å². The summed E-state index contributed by atoms with van der Waals surface area (Å²) >= 11 is 0. The zero-order valence-electron chi connectivity index (χ0n) is 11.2. The second-order valence-corrected chi connectivity index (χ2v) is 4.57. The summed E-state index contributed by atoms with van der Waals surface area (Å²) in [7, 11) is 0. The molecule has 102 valence electrons. The molecule has 0 bridgehead atoms. The van der Waals surface area contributed by atoms with Crippen LogP contribution in [0.5, 0.6) is 0 Å². The van der Waals surface area contributed by atoms with Gasteiger partial charge in [0.1, 0.15) is 5.54 Å². The van der Waals surface area contributed by atoms with Crippen molar-refractivity contribution in [3.05, 3.63) is 18.7 Å². The molecule has 2 N–H and O–H groups in total. The van der Waals surface area contributed by atoms with Gasteiger partial charge in [0.2, 0.25) is 0 Å². The molecule has 18 heavy (non-hydrogen) atoms. The summed E-state index contributed by atoms with van der Waals surface area (Å²) in [5.74, 6) is -0.746. The van der Waals surface area contributed by atoms with E-state index in [4.69, 9.17) is 0 Å². The second kappa shape index (κ2) is 7.16. The lowest BCUT2D eigenvalue weighted by Crippen LogP contribution is -2.52. The molecular weight excluding hydrogens is 230 g/mol. The zero-order chi connectivity index (χ0) is 13.4. The molecule has 5 heteroatoms. The van der Waals surface area contributed by atoms with E-state index in [1.54, 1.807) is 12.5 Å². The van der Waals surface area contributed by atoms with Gasteiger partial charge in [-0.2, -0.15) is 0 Å². The van der Waals surface area contributed by atoms with E-state index in [1.165, 1.54) is 0 Å². The predicted octanol–water partition coefficient (Wildman–Crippen LogP) is 1.90. The quantitative estimate of drug-likeness (QED) is 0.705. The van der Waals surface area contributed by atoms with Crippen LogP contribution in [0.15, 0.2) is 18.7 Å². The first-order valence-electron chi connectivity index (χ1n) is 6.58. The molecule has 0 aliphatic carbocycles. The fourth-order valence-corrected chi connectivity index (χ4v) is 2.07. The van der Waals surface area contributed by atoms with Gasteiger partial charge in [0.05, 0.1) is 6.33 Å². The highest BCUT2D eigenvalue weighted by atomic mass is 16.4. The summed E-state index contributed by atoms with van der Waals surface area (Å²) in [5.41, 5.74) is -0.781. The van der Waals surface area contributed by atoms with Crippen molar-refractivity contribution < 1.29 is 9.90 Å². The Morgan fingerprint density at radius 1 is 1.50 bits per heavy atom. The number of carbonyl (C=O) groups is 1. The highest BCUT2D eigenvalue weighted by Crippen LogP contribution is 2.18. The molecule has 1 rings (SSSR count). The van der Waals surface area contributed by atoms with Crippen LogP contribution in [0.1, 0.15) is 39.5 Å². The Bertz CT molecular complexity index is 351. The van der Waals surface area contributed by atoms with Gasteiger partial charge >= 0.3 is 5.97 Å². The van der Waals surface area contributed by atoms with Crippen LogP contribution in [0.25, 0.3) is 0 Å². The highest BCUT2D eigenvalue weighted by Gasteiger charge is 2.35. The molecule has 0 radical (unpaired) electrons. The van der Waals surface area contributed by atoms with Gasteiger partial charge in [-0.1, -0.05) is 13.8 Å². The van der Waals surface area contributed by atoms with Crippen LogP contribution in [-0.2, 0) is 11.3 Å². The molecule has 5 nitrogen and oxygen atoms in total. The number of nitrogens with zero attached hydrogens (tertiary/aromatic N) is 2. The lowest BCUT2D eigenvalue weighted by molar-refractivity contribution is -0.145. The van der Waals surface area contributed by atoms with E-state index in [9.17, 15) is 9.90 Å². The number of nitrogens with one attached hydrogen (secondary N) is 1. The van der Waals surface area contributed by atoms with Gasteiger partial charge in [0.25, 0.3) is 0 Å². The molecule has 0 spiro atoms. The van der Waals surface area contributed by atoms with Gasteiger partial charge in [-0.05, 0) is 32.2 Å². The van der Waals surface area contributed by atoms with Gasteiger partial charge < -0.3 is 15.0 Å². The molecule has 0 amide bonds. The first-order chi connectivity index (χ1) is 8.64. The Kier molecular flexibility index (Phi) is 5.85. The molecule has 1 aromatic rings. The fraction of sp³-hybridized carbons (Fsp3) is 0.692. The van der Waals surface area contributed by atoms with Crippen molar-refractivity contribution in [3.8, 4) is 0 Å². The van der Waals surface area contributed by atoms with Crippen molar-refractivity contribution in [2.24, 2.45) is 0 Å². The smallest absolute Gasteiger partial charge is 0.323 e. The second-order valence-electron chi connectivity index (χ2n) is 4.57. The number of carboxylic acid groups (broad SMARTS) is 1. The first kappa shape index (κ1) is 14.7. The normalized spacial score (nSPS) is 14.3. The van der Waals surface area contributed by atoms with E-state index < -0.39 is 11.5 Å². The SMILES string of the molecule is CCCNC(CC)(CCCn1ccnc1)C(=O)O. The summed E-state index contributed by atoms with van der Waals surface area (Å²) < 4.78 is 1.97. The third kappa shape index (κ3) is 3.84. The Labute approximate surface area is 108 Å². The van der Waals surface area contributed by atoms with Gasteiger partial charge in [0, 0.05) is 18.9 Å². The van der Waals surface area contributed by atoms with E-state index in [-0.39, 0.29) is 0 Å². The Morgan fingerprint density at radius 3 is 2.78 bits per heavy atom. The van der Waals surface area contributed by atoms with Gasteiger partial charge in [-0.3, -0.25) is 4.79 Å². The molecule has 0 saturated heterocycles. The summed E-state index contributed by atoms with van der Waals surface area (Å²) in [6.45, 7) is 5.52. The van der Waals surface area contributed by atoms with Gasteiger partial charge in [0.15, 0.2) is 0 Å². The molecule has 1 aromatic heterocycles. The van der Waals surface area contributed by atoms with Crippen molar-refractivity contribution in [1.82, 2.24) is 14.9 Å². The maximum absolute atomic E-state index is 11.5. The van der Waals surface area contributed by atoms with E-state index in [1.807, 2.05) is 24.6 Å². The summed E-state index contributed by atoms with van der Waals surface area (Å²) in [5, 5.41) is 12.6. The van der Waals surface area contributed by atoms with Crippen LogP contribution >= 0.6 is 0 Å². The van der Waals surface area contributed by atoms with Crippen molar-refractivity contribution >= 4 is 5.97 Å². The zero-order valence-corrected chi connectivity index (χ0v) is 11.2. The van der Waals surface area contributed by atoms with Crippen LogP contribution in [0, 0.1) is 0 Å². The van der Waals surface area contributed by atoms with Crippen molar-refractivity contribution in [2.75, 3.05) is 6.54 Å². The molecule has 0 aliphatic heterocycles. The molecule has 0 fully saturated rings. The summed E-state index contributed by atoms with van der Waals surface area (Å²) in [6.07, 6.45) is 8.40. The molecule has 1 atom stereocenters. The largest absolute Gasteiger partial charge is 0.480 e. The van der Waals surface area contributed by atoms with Crippen molar-refractivity contribution in [2.45, 2.75) is 51.6 Å². The van der Waals surface area contributed by atoms with Crippen LogP contribution < -0.4 is 5.32 Å². The lowest BCUT2D eigenvalue weighted by atomic mass is 9.90. The minimum atomic E-state index is -0.781. The lowest BCUT2D eigenvalue weighted by Gasteiger charge is -2.29. The Hall–Kier alpha value is -1.36. The van der Waals surface area contributed by atoms with Crippen molar-refractivity contribution in [1.29, 1.82) is 0 Å². The molecular formula is C13H23N3O2. The van der Waals surface area contributed by atoms with Crippen LogP contribution in [0.2, 0.25) is 0 Å². The van der Waals surface area contributed by atoms with E-state index in [0.29, 0.717) is 12.8 Å². The highest BCUT2D eigenvalue weighted by molar-refractivity contribution is 5.78. The minimum Gasteiger partial charge on any atom is -0.480 e. The number of carboxylic acids is 1. The van der Waals surface area contributed by atoms with Crippen LogP contribution in [-0.4, -0.2) is 32.7 Å². The maximum atomic E-state index is 11.5. The molecule has 1 unspecified atom stereocenters. The summed E-state index contributed by atoms with van der Waals surface area (Å²) in [4.78, 5) is 15.4. The summed E-state index contributed by atoms with van der Waals surface area (Å²) in [6, 6.07) is 0. The maximum Gasteiger partial charge on any atom is 0.323 e. The molecule has 0 saturated carbocycles. The number of rotatable bonds is 9. The van der Waals surface area contributed by atoms with Crippen LogP contribution in [0.3, 0.4) is 0 Å². The molecule has 0 aliphatic rings. The Morgan fingerprint density at radius 2 is 2.28 bits per heavy atom. The third-order valence-electron chi connectivity index (χ3n) is 3.31. The van der Waals surface area contributed by atoms with E-state index >= 15 is 0 Å². The number of hydrogen-bond acceptors (Lipinski definition) is 3. The average Bonchev–Trinajstić information content (AvgIpc) is 2.86.